The molecule has 2 heterocycles. The summed E-state index contributed by atoms with van der Waals surface area (Å²) in [5.74, 6) is 0.770. The third kappa shape index (κ3) is 8.23. The van der Waals surface area contributed by atoms with Gasteiger partial charge in [0.1, 0.15) is 5.69 Å². The van der Waals surface area contributed by atoms with Crippen molar-refractivity contribution in [3.63, 3.8) is 0 Å². The van der Waals surface area contributed by atoms with Gasteiger partial charge in [0.05, 0.1) is 14.2 Å². The zero-order valence-electron chi connectivity index (χ0n) is 17.4. The van der Waals surface area contributed by atoms with Crippen LogP contribution in [0.1, 0.15) is 37.0 Å². The van der Waals surface area contributed by atoms with Crippen molar-refractivity contribution in [2.24, 2.45) is 0 Å². The number of ether oxygens (including phenoxy) is 2. The summed E-state index contributed by atoms with van der Waals surface area (Å²) >= 11 is 0. The van der Waals surface area contributed by atoms with Crippen LogP contribution in [0.3, 0.4) is 0 Å². The second-order valence-electron chi connectivity index (χ2n) is 6.60. The van der Waals surface area contributed by atoms with E-state index < -0.39 is 0 Å². The molecule has 9 heteroatoms. The standard InChI is InChI=1S/C13H12N3O3.C7H10NO.K/c1-18-11-8-10(15-13(16-11)19-2)12(17)14-9-6-4-3-5-7-9;1-7(2,3)6-4-5-8-9-6;/h4-8H,1-2H3,(H,14,17);4H,1-3H3;/q2*-1;+1. The van der Waals surface area contributed by atoms with Gasteiger partial charge in [-0.25, -0.2) is 5.16 Å². The Hall–Kier alpha value is -1.78. The van der Waals surface area contributed by atoms with Crippen LogP contribution in [-0.4, -0.2) is 35.3 Å². The minimum Gasteiger partial charge on any atom is -0.481 e. The molecule has 1 N–H and O–H groups in total. The zero-order chi connectivity index (χ0) is 20.6. The van der Waals surface area contributed by atoms with Crippen molar-refractivity contribution in [1.29, 1.82) is 0 Å². The Bertz CT molecular complexity index is 859. The van der Waals surface area contributed by atoms with Crippen molar-refractivity contribution in [3.8, 4) is 11.9 Å². The fourth-order valence-corrected chi connectivity index (χ4v) is 1.92. The van der Waals surface area contributed by atoms with Crippen molar-refractivity contribution in [2.75, 3.05) is 19.5 Å². The molecule has 0 radical (unpaired) electrons. The summed E-state index contributed by atoms with van der Waals surface area (Å²) in [4.78, 5) is 19.9. The molecule has 1 amide bonds. The van der Waals surface area contributed by atoms with E-state index in [1.807, 2.05) is 0 Å². The van der Waals surface area contributed by atoms with Gasteiger partial charge in [-0.05, 0) is 11.2 Å². The molecule has 0 unspecified atom stereocenters. The average Bonchev–Trinajstić information content (AvgIpc) is 3.24. The summed E-state index contributed by atoms with van der Waals surface area (Å²) in [5.41, 5.74) is 0.879. The van der Waals surface area contributed by atoms with E-state index in [0.717, 1.165) is 5.76 Å². The van der Waals surface area contributed by atoms with Gasteiger partial charge < -0.3 is 19.3 Å². The van der Waals surface area contributed by atoms with Crippen molar-refractivity contribution in [3.05, 3.63) is 60.1 Å². The van der Waals surface area contributed by atoms with Gasteiger partial charge in [0.25, 0.3) is 5.91 Å². The maximum Gasteiger partial charge on any atom is 1.00 e. The van der Waals surface area contributed by atoms with E-state index in [0.29, 0.717) is 5.69 Å². The van der Waals surface area contributed by atoms with Gasteiger partial charge in [0.2, 0.25) is 5.88 Å². The minimum atomic E-state index is -0.370. The number of carbonyl (C=O) groups excluding carboxylic acids is 1. The number of hydrogen-bond acceptors (Lipinski definition) is 7. The van der Waals surface area contributed by atoms with E-state index in [9.17, 15) is 4.79 Å². The number of benzene rings is 1. The van der Waals surface area contributed by atoms with Crippen LogP contribution in [0.2, 0.25) is 0 Å². The van der Waals surface area contributed by atoms with Crippen molar-refractivity contribution < 1.29 is 70.2 Å². The molecule has 0 bridgehead atoms. The quantitative estimate of drug-likeness (QED) is 0.478. The number of aromatic nitrogens is 3. The maximum atomic E-state index is 12.0. The van der Waals surface area contributed by atoms with E-state index in [-0.39, 0.29) is 80.3 Å². The molecule has 0 spiro atoms. The number of amides is 1. The van der Waals surface area contributed by atoms with Gasteiger partial charge in [0, 0.05) is 6.07 Å². The Kier molecular flexibility index (Phi) is 10.5. The van der Waals surface area contributed by atoms with Crippen LogP contribution in [0.4, 0.5) is 5.69 Å². The number of carbonyl (C=O) groups is 1. The number of methoxy groups -OCH3 is 2. The summed E-state index contributed by atoms with van der Waals surface area (Å²) in [6.07, 6.45) is 2.62. The van der Waals surface area contributed by atoms with Crippen molar-refractivity contribution >= 4 is 11.6 Å². The van der Waals surface area contributed by atoms with E-state index in [4.69, 9.17) is 14.0 Å². The summed E-state index contributed by atoms with van der Waals surface area (Å²) in [6, 6.07) is 13.0. The first-order chi connectivity index (χ1) is 13.3. The summed E-state index contributed by atoms with van der Waals surface area (Å²) in [7, 11) is 2.87. The third-order valence-corrected chi connectivity index (χ3v) is 3.41. The second-order valence-corrected chi connectivity index (χ2v) is 6.60. The SMILES string of the molecule is CC(C)(C)c1c[c-]no1.COc1cc(C(=O)Nc2cc[c-]cc2)nc(OC)n1.[K+]. The smallest absolute Gasteiger partial charge is 0.481 e. The second kappa shape index (κ2) is 12.0. The van der Waals surface area contributed by atoms with Gasteiger partial charge >= 0.3 is 57.4 Å². The largest absolute Gasteiger partial charge is 1.00 e. The van der Waals surface area contributed by atoms with E-state index in [1.54, 1.807) is 30.3 Å². The van der Waals surface area contributed by atoms with E-state index in [2.05, 4.69) is 53.5 Å². The number of hydrogen-bond donors (Lipinski definition) is 1. The van der Waals surface area contributed by atoms with Gasteiger partial charge in [0.15, 0.2) is 0 Å². The van der Waals surface area contributed by atoms with Gasteiger partial charge in [-0.3, -0.25) is 4.79 Å². The van der Waals surface area contributed by atoms with Crippen LogP contribution in [-0.2, 0) is 5.41 Å². The summed E-state index contributed by atoms with van der Waals surface area (Å²) < 4.78 is 14.8. The Labute approximate surface area is 212 Å². The molecule has 0 fully saturated rings. The molecule has 8 nitrogen and oxygen atoms in total. The molecule has 148 valence electrons. The predicted molar refractivity (Wildman–Crippen MR) is 102 cm³/mol. The number of nitrogens with zero attached hydrogens (tertiary/aromatic N) is 3. The van der Waals surface area contributed by atoms with E-state index in [1.165, 1.54) is 20.3 Å². The average molecular weight is 422 g/mol. The fraction of sp³-hybridized carbons (Fsp3) is 0.300. The normalized spacial score (nSPS) is 10.1. The predicted octanol–water partition coefficient (Wildman–Crippen LogP) is 0.323. The topological polar surface area (TPSA) is 99.4 Å². The zero-order valence-corrected chi connectivity index (χ0v) is 20.6. The van der Waals surface area contributed by atoms with E-state index >= 15 is 0 Å². The fourth-order valence-electron chi connectivity index (χ4n) is 1.92. The van der Waals surface area contributed by atoms with Gasteiger partial charge in [-0.1, -0.05) is 26.5 Å². The molecule has 2 aromatic heterocycles. The number of anilines is 1. The van der Waals surface area contributed by atoms with Crippen LogP contribution in [0.25, 0.3) is 0 Å². The molecule has 3 rings (SSSR count). The van der Waals surface area contributed by atoms with Crippen LogP contribution >= 0.6 is 0 Å². The molecule has 0 aliphatic heterocycles. The summed E-state index contributed by atoms with van der Waals surface area (Å²) in [5, 5.41) is 6.19. The van der Waals surface area contributed by atoms with Gasteiger partial charge in [-0.2, -0.15) is 34.2 Å². The number of nitrogens with one attached hydrogen (secondary N) is 1. The molecule has 0 saturated heterocycles. The van der Waals surface area contributed by atoms with Crippen LogP contribution in [0.15, 0.2) is 40.9 Å². The molecule has 0 aliphatic carbocycles. The first-order valence-electron chi connectivity index (χ1n) is 8.41. The Morgan fingerprint density at radius 2 is 1.83 bits per heavy atom. The molecule has 0 aliphatic rings. The number of rotatable bonds is 4. The van der Waals surface area contributed by atoms with Crippen molar-refractivity contribution in [1.82, 2.24) is 15.1 Å². The molecule has 3 aromatic rings. The van der Waals surface area contributed by atoms with Gasteiger partial charge in [-0.15, -0.1) is 18.3 Å². The molecular formula is C20H22KN4O4-. The molecule has 0 saturated carbocycles. The molecule has 29 heavy (non-hydrogen) atoms. The maximum absolute atomic E-state index is 12.0. The Morgan fingerprint density at radius 1 is 1.14 bits per heavy atom. The summed E-state index contributed by atoms with van der Waals surface area (Å²) in [6.45, 7) is 6.21. The van der Waals surface area contributed by atoms with Crippen LogP contribution in [0, 0.1) is 12.3 Å². The molecule has 1 aromatic carbocycles. The third-order valence-electron chi connectivity index (χ3n) is 3.41. The Morgan fingerprint density at radius 3 is 2.31 bits per heavy atom. The van der Waals surface area contributed by atoms with Crippen molar-refractivity contribution in [2.45, 2.75) is 26.2 Å². The minimum absolute atomic E-state index is 0. The molecular weight excluding hydrogens is 399 g/mol. The first-order valence-corrected chi connectivity index (χ1v) is 8.41. The first kappa shape index (κ1) is 25.3. The monoisotopic (exact) mass is 421 g/mol. The Balaban J connectivity index is 0.000000355. The van der Waals surface area contributed by atoms with Crippen LogP contribution < -0.4 is 66.2 Å². The van der Waals surface area contributed by atoms with Crippen LogP contribution in [0.5, 0.6) is 11.9 Å². The molecule has 0 atom stereocenters.